The second-order valence-corrected chi connectivity index (χ2v) is 7.44. The van der Waals surface area contributed by atoms with Gasteiger partial charge in [-0.05, 0) is 48.9 Å². The van der Waals surface area contributed by atoms with E-state index in [0.717, 1.165) is 11.6 Å². The maximum Gasteiger partial charge on any atom is 0.417 e. The number of nitrogens with zero attached hydrogens (tertiary/aromatic N) is 5. The van der Waals surface area contributed by atoms with E-state index in [2.05, 4.69) is 20.5 Å². The molecule has 1 fully saturated rings. The SMILES string of the molecule is Cc1ccnc(Nc2ccc(N3CCN(C(=O)c4ccccc4C(F)(F)F)CC3)nn2)c1. The van der Waals surface area contributed by atoms with Crippen LogP contribution in [0.2, 0.25) is 0 Å². The number of aryl methyl sites for hydroxylation is 1. The van der Waals surface area contributed by atoms with E-state index in [0.29, 0.717) is 43.6 Å². The Hall–Kier alpha value is -3.69. The number of alkyl halides is 3. The van der Waals surface area contributed by atoms with Crippen LogP contribution in [0.4, 0.5) is 30.6 Å². The van der Waals surface area contributed by atoms with Crippen molar-refractivity contribution in [1.29, 1.82) is 0 Å². The van der Waals surface area contributed by atoms with Crippen molar-refractivity contribution in [2.45, 2.75) is 13.1 Å². The molecular formula is C22H21F3N6O. The minimum Gasteiger partial charge on any atom is -0.352 e. The molecular weight excluding hydrogens is 421 g/mol. The molecule has 10 heteroatoms. The van der Waals surface area contributed by atoms with Crippen LogP contribution in [0.25, 0.3) is 0 Å². The van der Waals surface area contributed by atoms with Crippen molar-refractivity contribution in [3.05, 3.63) is 71.4 Å². The first kappa shape index (κ1) is 21.5. The standard InChI is InChI=1S/C22H21F3N6O/c1-15-8-9-26-19(14-15)27-18-6-7-20(29-28-18)30-10-12-31(13-11-30)21(32)16-4-2-3-5-17(16)22(23,24)25/h2-9,14H,10-13H2,1H3,(H,26,27,28). The predicted molar refractivity (Wildman–Crippen MR) is 114 cm³/mol. The minimum absolute atomic E-state index is 0.292. The Balaban J connectivity index is 1.38. The van der Waals surface area contributed by atoms with E-state index in [-0.39, 0.29) is 5.56 Å². The Morgan fingerprint density at radius 1 is 0.969 bits per heavy atom. The molecule has 1 aliphatic rings. The zero-order chi connectivity index (χ0) is 22.7. The quantitative estimate of drug-likeness (QED) is 0.661. The monoisotopic (exact) mass is 442 g/mol. The summed E-state index contributed by atoms with van der Waals surface area (Å²) in [6.07, 6.45) is -2.87. The number of hydrogen-bond acceptors (Lipinski definition) is 6. The number of aromatic nitrogens is 3. The smallest absolute Gasteiger partial charge is 0.352 e. The first-order chi connectivity index (χ1) is 15.3. The van der Waals surface area contributed by atoms with Gasteiger partial charge in [0, 0.05) is 32.4 Å². The molecule has 3 heterocycles. The van der Waals surface area contributed by atoms with E-state index in [4.69, 9.17) is 0 Å². The Labute approximate surface area is 182 Å². The Kier molecular flexibility index (Phi) is 5.93. The van der Waals surface area contributed by atoms with Crippen LogP contribution in [0.5, 0.6) is 0 Å². The van der Waals surface area contributed by atoms with Crippen LogP contribution in [0, 0.1) is 6.92 Å². The number of piperazine rings is 1. The number of benzene rings is 1. The third-order valence-electron chi connectivity index (χ3n) is 5.18. The van der Waals surface area contributed by atoms with Gasteiger partial charge in [-0.15, -0.1) is 10.2 Å². The molecule has 32 heavy (non-hydrogen) atoms. The van der Waals surface area contributed by atoms with Crippen molar-refractivity contribution in [2.75, 3.05) is 36.4 Å². The van der Waals surface area contributed by atoms with Gasteiger partial charge in [0.1, 0.15) is 5.82 Å². The van der Waals surface area contributed by atoms with Crippen LogP contribution in [-0.4, -0.2) is 52.2 Å². The van der Waals surface area contributed by atoms with Crippen molar-refractivity contribution in [1.82, 2.24) is 20.1 Å². The van der Waals surface area contributed by atoms with Crippen molar-refractivity contribution < 1.29 is 18.0 Å². The fourth-order valence-electron chi connectivity index (χ4n) is 3.52. The molecule has 0 spiro atoms. The van der Waals surface area contributed by atoms with Crippen LogP contribution in [0.1, 0.15) is 21.5 Å². The van der Waals surface area contributed by atoms with E-state index in [1.807, 2.05) is 30.0 Å². The average Bonchev–Trinajstić information content (AvgIpc) is 2.79. The number of hydrogen-bond donors (Lipinski definition) is 1. The molecule has 0 radical (unpaired) electrons. The number of carbonyl (C=O) groups is 1. The number of amides is 1. The predicted octanol–water partition coefficient (Wildman–Crippen LogP) is 3.90. The van der Waals surface area contributed by atoms with E-state index in [9.17, 15) is 18.0 Å². The third kappa shape index (κ3) is 4.79. The highest BCUT2D eigenvalue weighted by molar-refractivity contribution is 5.96. The molecule has 1 N–H and O–H groups in total. The number of carbonyl (C=O) groups excluding carboxylic acids is 1. The van der Waals surface area contributed by atoms with Crippen LogP contribution in [0.15, 0.2) is 54.7 Å². The molecule has 0 aliphatic carbocycles. The normalized spacial score (nSPS) is 14.4. The summed E-state index contributed by atoms with van der Waals surface area (Å²) in [4.78, 5) is 20.3. The highest BCUT2D eigenvalue weighted by atomic mass is 19.4. The summed E-state index contributed by atoms with van der Waals surface area (Å²) in [5, 5.41) is 11.5. The van der Waals surface area contributed by atoms with Gasteiger partial charge in [-0.2, -0.15) is 13.2 Å². The Bertz CT molecular complexity index is 1100. The average molecular weight is 442 g/mol. The van der Waals surface area contributed by atoms with Gasteiger partial charge in [0.15, 0.2) is 11.6 Å². The highest BCUT2D eigenvalue weighted by Crippen LogP contribution is 2.32. The summed E-state index contributed by atoms with van der Waals surface area (Å²) in [7, 11) is 0. The number of nitrogens with one attached hydrogen (secondary N) is 1. The van der Waals surface area contributed by atoms with E-state index in [1.54, 1.807) is 12.3 Å². The largest absolute Gasteiger partial charge is 0.417 e. The summed E-state index contributed by atoms with van der Waals surface area (Å²) >= 11 is 0. The molecule has 0 saturated carbocycles. The van der Waals surface area contributed by atoms with Crippen molar-refractivity contribution >= 4 is 23.4 Å². The van der Waals surface area contributed by atoms with Gasteiger partial charge in [0.2, 0.25) is 0 Å². The van der Waals surface area contributed by atoms with Gasteiger partial charge >= 0.3 is 6.18 Å². The van der Waals surface area contributed by atoms with Gasteiger partial charge in [-0.3, -0.25) is 4.79 Å². The molecule has 1 amide bonds. The van der Waals surface area contributed by atoms with Gasteiger partial charge in [0.05, 0.1) is 11.1 Å². The molecule has 7 nitrogen and oxygen atoms in total. The van der Waals surface area contributed by atoms with Gasteiger partial charge in [-0.25, -0.2) is 4.98 Å². The maximum atomic E-state index is 13.2. The second-order valence-electron chi connectivity index (χ2n) is 7.44. The van der Waals surface area contributed by atoms with Crippen molar-refractivity contribution in [2.24, 2.45) is 0 Å². The lowest BCUT2D eigenvalue weighted by atomic mass is 10.1. The summed E-state index contributed by atoms with van der Waals surface area (Å²) in [6, 6.07) is 12.2. The molecule has 166 valence electrons. The summed E-state index contributed by atoms with van der Waals surface area (Å²) in [6.45, 7) is 3.44. The van der Waals surface area contributed by atoms with Crippen molar-refractivity contribution in [3.8, 4) is 0 Å². The lowest BCUT2D eigenvalue weighted by Gasteiger charge is -2.35. The fraction of sp³-hybridized carbons (Fsp3) is 0.273. The topological polar surface area (TPSA) is 74.2 Å². The minimum atomic E-state index is -4.58. The molecule has 0 bridgehead atoms. The number of halogens is 3. The van der Waals surface area contributed by atoms with Crippen LogP contribution < -0.4 is 10.2 Å². The molecule has 2 aromatic heterocycles. The second kappa shape index (κ2) is 8.81. The number of anilines is 3. The number of rotatable bonds is 4. The first-order valence-electron chi connectivity index (χ1n) is 10.0. The van der Waals surface area contributed by atoms with Gasteiger partial charge < -0.3 is 15.1 Å². The number of pyridine rings is 1. The Morgan fingerprint density at radius 3 is 2.38 bits per heavy atom. The zero-order valence-electron chi connectivity index (χ0n) is 17.3. The first-order valence-corrected chi connectivity index (χ1v) is 10.0. The molecule has 1 aliphatic heterocycles. The van der Waals surface area contributed by atoms with Crippen LogP contribution in [-0.2, 0) is 6.18 Å². The van der Waals surface area contributed by atoms with Gasteiger partial charge in [-0.1, -0.05) is 12.1 Å². The summed E-state index contributed by atoms with van der Waals surface area (Å²) < 4.78 is 39.7. The lowest BCUT2D eigenvalue weighted by molar-refractivity contribution is -0.138. The van der Waals surface area contributed by atoms with Crippen LogP contribution in [0.3, 0.4) is 0 Å². The lowest BCUT2D eigenvalue weighted by Crippen LogP contribution is -2.49. The zero-order valence-corrected chi connectivity index (χ0v) is 17.3. The maximum absolute atomic E-state index is 13.2. The Morgan fingerprint density at radius 2 is 1.72 bits per heavy atom. The van der Waals surface area contributed by atoms with E-state index >= 15 is 0 Å². The van der Waals surface area contributed by atoms with E-state index < -0.39 is 17.6 Å². The summed E-state index contributed by atoms with van der Waals surface area (Å²) in [5.74, 6) is 1.23. The summed E-state index contributed by atoms with van der Waals surface area (Å²) in [5.41, 5.74) is -0.171. The highest BCUT2D eigenvalue weighted by Gasteiger charge is 2.36. The molecule has 0 unspecified atom stereocenters. The molecule has 0 atom stereocenters. The molecule has 1 aromatic carbocycles. The van der Waals surface area contributed by atoms with Gasteiger partial charge in [0.25, 0.3) is 5.91 Å². The molecule has 3 aromatic rings. The van der Waals surface area contributed by atoms with Crippen LogP contribution >= 0.6 is 0 Å². The molecule has 1 saturated heterocycles. The third-order valence-corrected chi connectivity index (χ3v) is 5.18. The molecule has 4 rings (SSSR count). The van der Waals surface area contributed by atoms with E-state index in [1.165, 1.54) is 23.1 Å². The fourth-order valence-corrected chi connectivity index (χ4v) is 3.52. The van der Waals surface area contributed by atoms with Crippen molar-refractivity contribution in [3.63, 3.8) is 0 Å².